The van der Waals surface area contributed by atoms with Crippen LogP contribution in [0.15, 0.2) is 48.5 Å². The molecule has 0 unspecified atom stereocenters. The Hall–Kier alpha value is -2.79. The first-order valence-corrected chi connectivity index (χ1v) is 9.45. The highest BCUT2D eigenvalue weighted by Crippen LogP contribution is 2.26. The Morgan fingerprint density at radius 1 is 1.00 bits per heavy atom. The first kappa shape index (κ1) is 17.6. The lowest BCUT2D eigenvalue weighted by atomic mass is 10.1. The number of benzene rings is 2. The van der Waals surface area contributed by atoms with Crippen molar-refractivity contribution in [3.63, 3.8) is 0 Å². The molecule has 0 aliphatic carbocycles. The van der Waals surface area contributed by atoms with E-state index in [1.807, 2.05) is 42.5 Å². The lowest BCUT2D eigenvalue weighted by Crippen LogP contribution is -2.27. The molecule has 2 aliphatic heterocycles. The van der Waals surface area contributed by atoms with E-state index in [1.165, 1.54) is 5.56 Å². The maximum atomic E-state index is 12.2. The first-order valence-electron chi connectivity index (χ1n) is 9.45. The van der Waals surface area contributed by atoms with Crippen molar-refractivity contribution in [2.75, 3.05) is 30.5 Å². The minimum atomic E-state index is -0.142. The fourth-order valence-electron chi connectivity index (χ4n) is 3.39. The molecule has 2 heterocycles. The Labute approximate surface area is 159 Å². The number of hydrogen-bond donors (Lipinski definition) is 2. The van der Waals surface area contributed by atoms with Gasteiger partial charge in [0.25, 0.3) is 0 Å². The second kappa shape index (κ2) is 8.27. The standard InChI is InChI=1S/C22H24N2O3/c25-22(8-2-16-1-7-21-17(15-16)9-14-27-21)24-19-5-3-18(4-6-19)23-20-10-12-26-13-11-20/h1-8,15,20,23H,9-14H2,(H,24,25). The number of carbonyl (C=O) groups is 1. The van der Waals surface area contributed by atoms with E-state index in [1.54, 1.807) is 6.08 Å². The fraction of sp³-hybridized carbons (Fsp3) is 0.318. The van der Waals surface area contributed by atoms with Crippen LogP contribution in [0.5, 0.6) is 5.75 Å². The average Bonchev–Trinajstić information content (AvgIpc) is 3.17. The highest BCUT2D eigenvalue weighted by molar-refractivity contribution is 6.02. The highest BCUT2D eigenvalue weighted by atomic mass is 16.5. The van der Waals surface area contributed by atoms with Gasteiger partial charge >= 0.3 is 0 Å². The number of carbonyl (C=O) groups excluding carboxylic acids is 1. The van der Waals surface area contributed by atoms with Crippen molar-refractivity contribution in [1.29, 1.82) is 0 Å². The largest absolute Gasteiger partial charge is 0.493 e. The van der Waals surface area contributed by atoms with Gasteiger partial charge in [-0.15, -0.1) is 0 Å². The summed E-state index contributed by atoms with van der Waals surface area (Å²) in [4.78, 5) is 12.2. The summed E-state index contributed by atoms with van der Waals surface area (Å²) in [6.07, 6.45) is 6.37. The van der Waals surface area contributed by atoms with Gasteiger partial charge in [-0.3, -0.25) is 4.79 Å². The molecule has 0 bridgehead atoms. The van der Waals surface area contributed by atoms with Crippen molar-refractivity contribution in [2.45, 2.75) is 25.3 Å². The van der Waals surface area contributed by atoms with Gasteiger partial charge in [0.05, 0.1) is 6.61 Å². The van der Waals surface area contributed by atoms with E-state index < -0.39 is 0 Å². The van der Waals surface area contributed by atoms with Crippen molar-refractivity contribution in [3.05, 3.63) is 59.7 Å². The average molecular weight is 364 g/mol. The van der Waals surface area contributed by atoms with Crippen LogP contribution in [-0.4, -0.2) is 31.8 Å². The van der Waals surface area contributed by atoms with Crippen LogP contribution in [0.3, 0.4) is 0 Å². The molecule has 1 fully saturated rings. The van der Waals surface area contributed by atoms with Crippen molar-refractivity contribution in [2.24, 2.45) is 0 Å². The van der Waals surface area contributed by atoms with Gasteiger partial charge in [-0.1, -0.05) is 6.07 Å². The molecule has 0 saturated carbocycles. The van der Waals surface area contributed by atoms with Crippen LogP contribution in [-0.2, 0) is 16.0 Å². The summed E-state index contributed by atoms with van der Waals surface area (Å²) >= 11 is 0. The van der Waals surface area contributed by atoms with Crippen LogP contribution >= 0.6 is 0 Å². The van der Waals surface area contributed by atoms with E-state index in [9.17, 15) is 4.79 Å². The molecule has 0 radical (unpaired) electrons. The summed E-state index contributed by atoms with van der Waals surface area (Å²) in [5.74, 6) is 0.808. The van der Waals surface area contributed by atoms with Gasteiger partial charge in [0.15, 0.2) is 0 Å². The van der Waals surface area contributed by atoms with Gasteiger partial charge in [-0.25, -0.2) is 0 Å². The van der Waals surface area contributed by atoms with E-state index in [4.69, 9.17) is 9.47 Å². The zero-order valence-electron chi connectivity index (χ0n) is 15.2. The molecule has 2 N–H and O–H groups in total. The zero-order chi connectivity index (χ0) is 18.5. The van der Waals surface area contributed by atoms with E-state index >= 15 is 0 Å². The second-order valence-electron chi connectivity index (χ2n) is 6.90. The van der Waals surface area contributed by atoms with Crippen LogP contribution in [0, 0.1) is 0 Å². The molecular formula is C22H24N2O3. The Morgan fingerprint density at radius 2 is 1.78 bits per heavy atom. The fourth-order valence-corrected chi connectivity index (χ4v) is 3.39. The molecule has 0 atom stereocenters. The number of amides is 1. The molecule has 1 saturated heterocycles. The molecule has 27 heavy (non-hydrogen) atoms. The van der Waals surface area contributed by atoms with Gasteiger partial charge in [-0.2, -0.15) is 0 Å². The predicted octanol–water partition coefficient (Wildman–Crippen LogP) is 3.86. The minimum Gasteiger partial charge on any atom is -0.493 e. The van der Waals surface area contributed by atoms with E-state index in [0.29, 0.717) is 6.04 Å². The summed E-state index contributed by atoms with van der Waals surface area (Å²) in [7, 11) is 0. The predicted molar refractivity (Wildman–Crippen MR) is 107 cm³/mol. The molecule has 5 heteroatoms. The monoisotopic (exact) mass is 364 g/mol. The van der Waals surface area contributed by atoms with Crippen LogP contribution < -0.4 is 15.4 Å². The number of ether oxygens (including phenoxy) is 2. The molecule has 2 aliphatic rings. The van der Waals surface area contributed by atoms with Crippen LogP contribution in [0.1, 0.15) is 24.0 Å². The van der Waals surface area contributed by atoms with Crippen LogP contribution in [0.4, 0.5) is 11.4 Å². The maximum absolute atomic E-state index is 12.2. The molecule has 2 aromatic carbocycles. The SMILES string of the molecule is O=C(C=Cc1ccc2c(c1)CCO2)Nc1ccc(NC2CCOCC2)cc1. The number of rotatable bonds is 5. The third-order valence-corrected chi connectivity index (χ3v) is 4.89. The molecule has 1 amide bonds. The molecule has 0 spiro atoms. The third-order valence-electron chi connectivity index (χ3n) is 4.89. The second-order valence-corrected chi connectivity index (χ2v) is 6.90. The highest BCUT2D eigenvalue weighted by Gasteiger charge is 2.13. The van der Waals surface area contributed by atoms with Gasteiger partial charge in [0, 0.05) is 43.1 Å². The van der Waals surface area contributed by atoms with Gasteiger partial charge in [0.2, 0.25) is 5.91 Å². The lowest BCUT2D eigenvalue weighted by Gasteiger charge is -2.24. The molecule has 0 aromatic heterocycles. The van der Waals surface area contributed by atoms with Crippen molar-refractivity contribution in [1.82, 2.24) is 0 Å². The zero-order valence-corrected chi connectivity index (χ0v) is 15.2. The van der Waals surface area contributed by atoms with Crippen molar-refractivity contribution < 1.29 is 14.3 Å². The lowest BCUT2D eigenvalue weighted by molar-refractivity contribution is -0.111. The normalized spacial score (nSPS) is 16.7. The maximum Gasteiger partial charge on any atom is 0.248 e. The Bertz CT molecular complexity index is 824. The summed E-state index contributed by atoms with van der Waals surface area (Å²) in [6, 6.07) is 14.3. The van der Waals surface area contributed by atoms with Gasteiger partial charge < -0.3 is 20.1 Å². The summed E-state index contributed by atoms with van der Waals surface area (Å²) in [5, 5.41) is 6.41. The summed E-state index contributed by atoms with van der Waals surface area (Å²) in [6.45, 7) is 2.37. The van der Waals surface area contributed by atoms with Crippen molar-refractivity contribution in [3.8, 4) is 5.75 Å². The Kier molecular flexibility index (Phi) is 5.39. The van der Waals surface area contributed by atoms with Crippen LogP contribution in [0.25, 0.3) is 6.08 Å². The Morgan fingerprint density at radius 3 is 2.59 bits per heavy atom. The number of hydrogen-bond acceptors (Lipinski definition) is 4. The molecule has 4 rings (SSSR count). The third kappa shape index (κ3) is 4.68. The minimum absolute atomic E-state index is 0.142. The topological polar surface area (TPSA) is 59.6 Å². The molecule has 140 valence electrons. The molecular weight excluding hydrogens is 340 g/mol. The van der Waals surface area contributed by atoms with Gasteiger partial charge in [-0.05, 0) is 66.4 Å². The quantitative estimate of drug-likeness (QED) is 0.791. The van der Waals surface area contributed by atoms with Crippen molar-refractivity contribution >= 4 is 23.4 Å². The van der Waals surface area contributed by atoms with E-state index in [2.05, 4.69) is 16.7 Å². The number of fused-ring (bicyclic) bond motifs is 1. The summed E-state index contributed by atoms with van der Waals surface area (Å²) in [5.41, 5.74) is 4.05. The number of nitrogens with one attached hydrogen (secondary N) is 2. The van der Waals surface area contributed by atoms with E-state index in [-0.39, 0.29) is 5.91 Å². The summed E-state index contributed by atoms with van der Waals surface area (Å²) < 4.78 is 10.9. The van der Waals surface area contributed by atoms with E-state index in [0.717, 1.165) is 61.8 Å². The van der Waals surface area contributed by atoms with Crippen LogP contribution in [0.2, 0.25) is 0 Å². The molecule has 5 nitrogen and oxygen atoms in total. The number of anilines is 2. The first-order chi connectivity index (χ1) is 13.3. The Balaban J connectivity index is 1.31. The smallest absolute Gasteiger partial charge is 0.248 e. The molecule has 2 aromatic rings. The van der Waals surface area contributed by atoms with Gasteiger partial charge in [0.1, 0.15) is 5.75 Å².